The number of hydrogen-bond acceptors (Lipinski definition) is 3. The maximum Gasteiger partial charge on any atom is 0.0900 e. The number of rotatable bonds is 10. The average Bonchev–Trinajstić information content (AvgIpc) is 2.64. The summed E-state index contributed by atoms with van der Waals surface area (Å²) in [6.45, 7) is 5.97. The largest absolute Gasteiger partial charge is 0.389 e. The Morgan fingerprint density at radius 1 is 1.07 bits per heavy atom. The van der Waals surface area contributed by atoms with Crippen molar-refractivity contribution in [3.05, 3.63) is 35.9 Å². The van der Waals surface area contributed by atoms with Crippen LogP contribution in [0.5, 0.6) is 0 Å². The lowest BCUT2D eigenvalue weighted by Gasteiger charge is -2.57. The van der Waals surface area contributed by atoms with E-state index >= 15 is 0 Å². The van der Waals surface area contributed by atoms with E-state index < -0.39 is 6.10 Å². The van der Waals surface area contributed by atoms with Gasteiger partial charge in [0.1, 0.15) is 0 Å². The molecule has 0 aromatic heterocycles. The van der Waals surface area contributed by atoms with Crippen LogP contribution in [-0.4, -0.2) is 42.4 Å². The van der Waals surface area contributed by atoms with E-state index in [1.807, 2.05) is 6.07 Å². The van der Waals surface area contributed by atoms with Gasteiger partial charge >= 0.3 is 0 Å². The first kappa shape index (κ1) is 19.4. The lowest BCUT2D eigenvalue weighted by atomic mass is 9.49. The molecule has 4 saturated carbocycles. The molecule has 0 heterocycles. The van der Waals surface area contributed by atoms with E-state index in [0.29, 0.717) is 18.6 Å². The van der Waals surface area contributed by atoms with E-state index in [2.05, 4.69) is 36.1 Å². The van der Waals surface area contributed by atoms with Gasteiger partial charge in [0.25, 0.3) is 0 Å². The standard InChI is InChI=1S/C24H37NO2/c1-2-25(16-19-6-4-3-5-7-19)17-23(26)18-27-9-8-24-13-20-10-21(14-24)12-22(11-20)15-24/h3-7,20-23,26H,2,8-18H2,1H3/t20?,21?,22?,23-,24?/m1/s1. The second-order valence-corrected chi connectivity index (χ2v) is 9.71. The molecule has 3 nitrogen and oxygen atoms in total. The molecule has 150 valence electrons. The van der Waals surface area contributed by atoms with Crippen LogP contribution in [0.2, 0.25) is 0 Å². The van der Waals surface area contributed by atoms with E-state index in [1.165, 1.54) is 50.5 Å². The highest BCUT2D eigenvalue weighted by Crippen LogP contribution is 2.61. The van der Waals surface area contributed by atoms with E-state index in [9.17, 15) is 5.11 Å². The molecule has 3 heteroatoms. The van der Waals surface area contributed by atoms with E-state index in [0.717, 1.165) is 37.5 Å². The molecule has 27 heavy (non-hydrogen) atoms. The molecule has 4 aliphatic rings. The number of benzene rings is 1. The Hall–Kier alpha value is -0.900. The summed E-state index contributed by atoms with van der Waals surface area (Å²) in [7, 11) is 0. The van der Waals surface area contributed by atoms with Crippen molar-refractivity contribution >= 4 is 0 Å². The first-order valence-corrected chi connectivity index (χ1v) is 11.2. The minimum absolute atomic E-state index is 0.398. The van der Waals surface area contributed by atoms with Crippen LogP contribution in [0.4, 0.5) is 0 Å². The Balaban J connectivity index is 1.17. The normalized spacial score (nSPS) is 32.9. The molecule has 4 aliphatic carbocycles. The number of hydrogen-bond donors (Lipinski definition) is 1. The number of ether oxygens (including phenoxy) is 1. The molecule has 0 radical (unpaired) electrons. The molecule has 4 fully saturated rings. The molecule has 4 bridgehead atoms. The monoisotopic (exact) mass is 371 g/mol. The highest BCUT2D eigenvalue weighted by molar-refractivity contribution is 5.14. The summed E-state index contributed by atoms with van der Waals surface area (Å²) in [5.41, 5.74) is 1.89. The lowest BCUT2D eigenvalue weighted by molar-refractivity contribution is -0.0741. The van der Waals surface area contributed by atoms with E-state index in [4.69, 9.17) is 4.74 Å². The topological polar surface area (TPSA) is 32.7 Å². The van der Waals surface area contributed by atoms with Gasteiger partial charge in [-0.3, -0.25) is 4.90 Å². The van der Waals surface area contributed by atoms with E-state index in [1.54, 1.807) is 0 Å². The van der Waals surface area contributed by atoms with Crippen LogP contribution in [0.1, 0.15) is 57.4 Å². The van der Waals surface area contributed by atoms with Crippen LogP contribution in [0.15, 0.2) is 30.3 Å². The molecule has 5 rings (SSSR count). The summed E-state index contributed by atoms with van der Waals surface area (Å²) in [4.78, 5) is 2.29. The molecule has 1 aromatic carbocycles. The van der Waals surface area contributed by atoms with Gasteiger partial charge in [0, 0.05) is 19.7 Å². The minimum atomic E-state index is -0.398. The summed E-state index contributed by atoms with van der Waals surface area (Å²) >= 11 is 0. The molecular formula is C24H37NO2. The second kappa shape index (κ2) is 8.63. The molecule has 0 amide bonds. The van der Waals surface area contributed by atoms with E-state index in [-0.39, 0.29) is 0 Å². The van der Waals surface area contributed by atoms with Gasteiger partial charge in [0.15, 0.2) is 0 Å². The SMILES string of the molecule is CCN(Cc1ccccc1)C[C@@H](O)COCCC12CC3CC(CC(C3)C1)C2. The molecule has 1 atom stereocenters. The van der Waals surface area contributed by atoms with Crippen molar-refractivity contribution in [2.45, 2.75) is 64.5 Å². The fourth-order valence-corrected chi connectivity index (χ4v) is 6.60. The van der Waals surface area contributed by atoms with Gasteiger partial charge in [-0.25, -0.2) is 0 Å². The van der Waals surface area contributed by atoms with Crippen molar-refractivity contribution < 1.29 is 9.84 Å². The molecule has 0 aliphatic heterocycles. The summed E-state index contributed by atoms with van der Waals surface area (Å²) < 4.78 is 5.95. The van der Waals surface area contributed by atoms with Gasteiger partial charge in [0.2, 0.25) is 0 Å². The smallest absolute Gasteiger partial charge is 0.0900 e. The summed E-state index contributed by atoms with van der Waals surface area (Å²) in [5.74, 6) is 3.04. The Morgan fingerprint density at radius 3 is 2.30 bits per heavy atom. The maximum atomic E-state index is 10.4. The van der Waals surface area contributed by atoms with Crippen LogP contribution in [0.3, 0.4) is 0 Å². The third-order valence-electron chi connectivity index (χ3n) is 7.42. The van der Waals surface area contributed by atoms with Gasteiger partial charge in [0.05, 0.1) is 12.7 Å². The first-order chi connectivity index (χ1) is 13.1. The number of aliphatic hydroxyl groups excluding tert-OH is 1. The van der Waals surface area contributed by atoms with Gasteiger partial charge < -0.3 is 9.84 Å². The lowest BCUT2D eigenvalue weighted by Crippen LogP contribution is -2.46. The predicted octanol–water partition coefficient (Wildman–Crippen LogP) is 4.49. The fourth-order valence-electron chi connectivity index (χ4n) is 6.60. The van der Waals surface area contributed by atoms with Crippen molar-refractivity contribution in [3.63, 3.8) is 0 Å². The third kappa shape index (κ3) is 4.93. The van der Waals surface area contributed by atoms with Crippen molar-refractivity contribution in [1.82, 2.24) is 4.90 Å². The quantitative estimate of drug-likeness (QED) is 0.615. The van der Waals surface area contributed by atoms with Crippen molar-refractivity contribution in [3.8, 4) is 0 Å². The van der Waals surface area contributed by atoms with Crippen LogP contribution in [0.25, 0.3) is 0 Å². The zero-order valence-electron chi connectivity index (χ0n) is 17.0. The summed E-state index contributed by atoms with van der Waals surface area (Å²) in [6.07, 6.45) is 9.69. The Morgan fingerprint density at radius 2 is 1.70 bits per heavy atom. The Kier molecular flexibility index (Phi) is 6.21. The van der Waals surface area contributed by atoms with Gasteiger partial charge in [-0.05, 0) is 80.2 Å². The van der Waals surface area contributed by atoms with Gasteiger partial charge in [-0.1, -0.05) is 37.3 Å². The predicted molar refractivity (Wildman–Crippen MR) is 109 cm³/mol. The highest BCUT2D eigenvalue weighted by atomic mass is 16.5. The van der Waals surface area contributed by atoms with Crippen LogP contribution < -0.4 is 0 Å². The fraction of sp³-hybridized carbons (Fsp3) is 0.750. The number of aliphatic hydroxyl groups is 1. The maximum absolute atomic E-state index is 10.4. The zero-order valence-corrected chi connectivity index (χ0v) is 17.0. The van der Waals surface area contributed by atoms with Gasteiger partial charge in [-0.2, -0.15) is 0 Å². The summed E-state index contributed by atoms with van der Waals surface area (Å²) in [5, 5.41) is 10.4. The van der Waals surface area contributed by atoms with Crippen molar-refractivity contribution in [2.24, 2.45) is 23.2 Å². The molecule has 0 spiro atoms. The van der Waals surface area contributed by atoms with Crippen molar-refractivity contribution in [1.29, 1.82) is 0 Å². The molecule has 0 unspecified atom stereocenters. The third-order valence-corrected chi connectivity index (χ3v) is 7.42. The molecule has 1 N–H and O–H groups in total. The van der Waals surface area contributed by atoms with Crippen LogP contribution in [-0.2, 0) is 11.3 Å². The first-order valence-electron chi connectivity index (χ1n) is 11.2. The molecule has 1 aromatic rings. The Bertz CT molecular complexity index is 552. The summed E-state index contributed by atoms with van der Waals surface area (Å²) in [6, 6.07) is 10.5. The highest BCUT2D eigenvalue weighted by Gasteiger charge is 2.50. The number of likely N-dealkylation sites (N-methyl/N-ethyl adjacent to an activating group) is 1. The Labute approximate surface area is 165 Å². The van der Waals surface area contributed by atoms with Crippen molar-refractivity contribution in [2.75, 3.05) is 26.3 Å². The second-order valence-electron chi connectivity index (χ2n) is 9.71. The minimum Gasteiger partial charge on any atom is -0.389 e. The zero-order chi connectivity index (χ0) is 18.7. The van der Waals surface area contributed by atoms with Crippen LogP contribution >= 0.6 is 0 Å². The van der Waals surface area contributed by atoms with Crippen LogP contribution in [0, 0.1) is 23.2 Å². The molecular weight excluding hydrogens is 334 g/mol. The number of nitrogens with zero attached hydrogens (tertiary/aromatic N) is 1. The average molecular weight is 372 g/mol. The van der Waals surface area contributed by atoms with Gasteiger partial charge in [-0.15, -0.1) is 0 Å². The molecule has 0 saturated heterocycles.